The van der Waals surface area contributed by atoms with Gasteiger partial charge in [0, 0.05) is 5.69 Å². The maximum atomic E-state index is 13.5. The van der Waals surface area contributed by atoms with Crippen LogP contribution in [0.4, 0.5) is 23.2 Å². The van der Waals surface area contributed by atoms with Crippen molar-refractivity contribution in [3.05, 3.63) is 131 Å². The van der Waals surface area contributed by atoms with E-state index in [1.54, 1.807) is 28.8 Å². The summed E-state index contributed by atoms with van der Waals surface area (Å²) in [5.41, 5.74) is 1.68. The van der Waals surface area contributed by atoms with Gasteiger partial charge in [0.15, 0.2) is 5.94 Å². The van der Waals surface area contributed by atoms with Crippen LogP contribution in [0.3, 0.4) is 0 Å². The van der Waals surface area contributed by atoms with Gasteiger partial charge in [-0.1, -0.05) is 54.6 Å². The number of nitrogens with zero attached hydrogens (tertiary/aromatic N) is 3. The summed E-state index contributed by atoms with van der Waals surface area (Å²) in [7, 11) is 0. The molecule has 0 aliphatic carbocycles. The third kappa shape index (κ3) is 6.65. The highest BCUT2D eigenvalue weighted by Crippen LogP contribution is 2.32. The predicted octanol–water partition coefficient (Wildman–Crippen LogP) is 6.19. The van der Waals surface area contributed by atoms with Gasteiger partial charge in [-0.3, -0.25) is 9.48 Å². The fraction of sp³-hybridized carbons (Fsp3) is 0.0909. The predicted molar refractivity (Wildman–Crippen MR) is 156 cm³/mol. The number of carbonyl (C=O) groups is 1. The van der Waals surface area contributed by atoms with E-state index >= 15 is 0 Å². The number of benzene rings is 3. The van der Waals surface area contributed by atoms with Gasteiger partial charge in [0.1, 0.15) is 29.7 Å². The van der Waals surface area contributed by atoms with Crippen molar-refractivity contribution in [2.75, 3.05) is 11.9 Å². The van der Waals surface area contributed by atoms with Crippen molar-refractivity contribution in [3.63, 3.8) is 0 Å². The standard InChI is InChI=1S/C33H22F4N4O3/c34-26-14-12-22(13-15-26)24(20-42)18-41-31(23-6-2-1-3-7-23)17-29(39-41)30-11-5-10-28(21-43)40(30)19-32(44)38-27-9-4-8-25(16-27)33(35,36)37/h1-17H,18-19H2,(H,38,44). The summed E-state index contributed by atoms with van der Waals surface area (Å²) in [5, 5.41) is 7.13. The Bertz CT molecular complexity index is 1860. The Labute approximate surface area is 248 Å². The molecule has 1 aromatic heterocycles. The lowest BCUT2D eigenvalue weighted by Gasteiger charge is -2.26. The van der Waals surface area contributed by atoms with Gasteiger partial charge in [0.05, 0.1) is 29.1 Å². The SMILES string of the molecule is O=C=C(Cn1nc(C2=CC=CC(=C=O)N2CC(=O)Nc2cccc(C(F)(F)F)c2)cc1-c1ccccc1)c1ccc(F)cc1. The van der Waals surface area contributed by atoms with E-state index in [1.165, 1.54) is 47.4 Å². The number of alkyl halides is 3. The number of halogens is 4. The number of hydrogen-bond donors (Lipinski definition) is 1. The number of aromatic nitrogens is 2. The molecule has 1 aliphatic rings. The molecule has 2 heterocycles. The van der Waals surface area contributed by atoms with E-state index in [0.29, 0.717) is 22.6 Å². The van der Waals surface area contributed by atoms with Crippen LogP contribution in [0, 0.1) is 5.82 Å². The van der Waals surface area contributed by atoms with Crippen LogP contribution in [-0.2, 0) is 27.1 Å². The van der Waals surface area contributed by atoms with Gasteiger partial charge in [0.25, 0.3) is 0 Å². The first-order chi connectivity index (χ1) is 21.2. The maximum Gasteiger partial charge on any atom is 0.416 e. The summed E-state index contributed by atoms with van der Waals surface area (Å²) in [5.74, 6) is 2.55. The Kier molecular flexibility index (Phi) is 8.53. The first kappa shape index (κ1) is 29.7. The normalized spacial score (nSPS) is 12.8. The van der Waals surface area contributed by atoms with E-state index in [2.05, 4.69) is 10.4 Å². The Morgan fingerprint density at radius 3 is 2.34 bits per heavy atom. The van der Waals surface area contributed by atoms with Gasteiger partial charge in [-0.15, -0.1) is 0 Å². The Balaban J connectivity index is 1.48. The van der Waals surface area contributed by atoms with Crippen molar-refractivity contribution in [2.24, 2.45) is 0 Å². The second-order valence-corrected chi connectivity index (χ2v) is 9.64. The molecule has 0 fully saturated rings. The summed E-state index contributed by atoms with van der Waals surface area (Å²) >= 11 is 0. The summed E-state index contributed by atoms with van der Waals surface area (Å²) < 4.78 is 54.5. The Morgan fingerprint density at radius 1 is 0.909 bits per heavy atom. The van der Waals surface area contributed by atoms with Crippen LogP contribution in [-0.4, -0.2) is 39.0 Å². The summed E-state index contributed by atoms with van der Waals surface area (Å²) in [6.45, 7) is -0.478. The van der Waals surface area contributed by atoms with Gasteiger partial charge in [-0.2, -0.15) is 18.3 Å². The zero-order valence-corrected chi connectivity index (χ0v) is 22.8. The minimum absolute atomic E-state index is 0.00251. The number of carbonyl (C=O) groups excluding carboxylic acids is 3. The van der Waals surface area contributed by atoms with Gasteiger partial charge in [-0.05, 0) is 59.7 Å². The number of hydrogen-bond acceptors (Lipinski definition) is 5. The molecule has 0 saturated carbocycles. The highest BCUT2D eigenvalue weighted by molar-refractivity contribution is 5.94. The van der Waals surface area contributed by atoms with E-state index in [-0.39, 0.29) is 23.5 Å². The van der Waals surface area contributed by atoms with Crippen molar-refractivity contribution in [1.29, 1.82) is 0 Å². The molecule has 1 aliphatic heterocycles. The Hall–Kier alpha value is -5.76. The molecule has 0 unspecified atom stereocenters. The maximum absolute atomic E-state index is 13.5. The molecule has 0 saturated heterocycles. The van der Waals surface area contributed by atoms with E-state index in [4.69, 9.17) is 0 Å². The van der Waals surface area contributed by atoms with Gasteiger partial charge < -0.3 is 10.2 Å². The van der Waals surface area contributed by atoms with Crippen molar-refractivity contribution in [3.8, 4) is 11.3 Å². The van der Waals surface area contributed by atoms with Crippen LogP contribution in [0.25, 0.3) is 22.5 Å². The highest BCUT2D eigenvalue weighted by Gasteiger charge is 2.31. The molecule has 220 valence electrons. The quantitative estimate of drug-likeness (QED) is 0.193. The Morgan fingerprint density at radius 2 is 1.66 bits per heavy atom. The number of anilines is 1. The first-order valence-corrected chi connectivity index (χ1v) is 13.2. The monoisotopic (exact) mass is 598 g/mol. The molecular weight excluding hydrogens is 576 g/mol. The van der Waals surface area contributed by atoms with E-state index in [0.717, 1.165) is 17.7 Å². The minimum Gasteiger partial charge on any atom is -0.325 e. The van der Waals surface area contributed by atoms with Gasteiger partial charge in [0.2, 0.25) is 5.91 Å². The van der Waals surface area contributed by atoms with E-state index < -0.39 is 30.0 Å². The van der Waals surface area contributed by atoms with Crippen molar-refractivity contribution < 1.29 is 31.9 Å². The molecule has 1 amide bonds. The average molecular weight is 599 g/mol. The lowest BCUT2D eigenvalue weighted by atomic mass is 10.1. The van der Waals surface area contributed by atoms with Crippen LogP contribution in [0.1, 0.15) is 16.8 Å². The third-order valence-corrected chi connectivity index (χ3v) is 6.71. The van der Waals surface area contributed by atoms with E-state index in [1.807, 2.05) is 36.3 Å². The van der Waals surface area contributed by atoms with Crippen LogP contribution in [0.5, 0.6) is 0 Å². The summed E-state index contributed by atoms with van der Waals surface area (Å²) in [4.78, 5) is 38.2. The van der Waals surface area contributed by atoms with Crippen molar-refractivity contribution in [1.82, 2.24) is 14.7 Å². The molecule has 3 aromatic carbocycles. The van der Waals surface area contributed by atoms with Crippen molar-refractivity contribution in [2.45, 2.75) is 12.7 Å². The van der Waals surface area contributed by atoms with Gasteiger partial charge in [-0.25, -0.2) is 14.0 Å². The largest absolute Gasteiger partial charge is 0.416 e. The number of amides is 1. The van der Waals surface area contributed by atoms with Crippen LogP contribution < -0.4 is 5.32 Å². The zero-order chi connectivity index (χ0) is 31.3. The fourth-order valence-electron chi connectivity index (χ4n) is 4.63. The van der Waals surface area contributed by atoms with Crippen LogP contribution in [0.2, 0.25) is 0 Å². The average Bonchev–Trinajstić information content (AvgIpc) is 3.44. The molecular formula is C33H22F4N4O3. The van der Waals surface area contributed by atoms with Crippen LogP contribution in [0.15, 0.2) is 109 Å². The second kappa shape index (κ2) is 12.6. The molecule has 7 nitrogen and oxygen atoms in total. The molecule has 0 atom stereocenters. The van der Waals surface area contributed by atoms with Crippen molar-refractivity contribution >= 4 is 34.7 Å². The van der Waals surface area contributed by atoms with Gasteiger partial charge >= 0.3 is 6.18 Å². The lowest BCUT2D eigenvalue weighted by molar-refractivity contribution is -0.137. The van der Waals surface area contributed by atoms with Crippen LogP contribution >= 0.6 is 0 Å². The molecule has 5 rings (SSSR count). The molecule has 11 heteroatoms. The molecule has 44 heavy (non-hydrogen) atoms. The number of rotatable bonds is 8. The lowest BCUT2D eigenvalue weighted by Crippen LogP contribution is -2.32. The molecule has 1 N–H and O–H groups in total. The third-order valence-electron chi connectivity index (χ3n) is 6.71. The number of allylic oxidation sites excluding steroid dienone is 4. The second-order valence-electron chi connectivity index (χ2n) is 9.64. The molecule has 4 aromatic rings. The molecule has 0 spiro atoms. The molecule has 0 bridgehead atoms. The first-order valence-electron chi connectivity index (χ1n) is 13.2. The topological polar surface area (TPSA) is 84.3 Å². The fourth-order valence-corrected chi connectivity index (χ4v) is 4.63. The summed E-state index contributed by atoms with van der Waals surface area (Å²) in [6.07, 6.45) is 0.0427. The highest BCUT2D eigenvalue weighted by atomic mass is 19.4. The number of nitrogens with one attached hydrogen (secondary N) is 1. The molecule has 0 radical (unpaired) electrons. The minimum atomic E-state index is -4.59. The summed E-state index contributed by atoms with van der Waals surface area (Å²) in [6, 6.07) is 20.5. The van der Waals surface area contributed by atoms with E-state index in [9.17, 15) is 31.9 Å². The smallest absolute Gasteiger partial charge is 0.325 e. The zero-order valence-electron chi connectivity index (χ0n) is 22.8.